The molecule has 2 heterocycles. The average molecular weight is 374 g/mol. The number of hydrogen-bond donors (Lipinski definition) is 1. The summed E-state index contributed by atoms with van der Waals surface area (Å²) in [5.74, 6) is 0.133. The second-order valence-electron chi connectivity index (χ2n) is 5.38. The lowest BCUT2D eigenvalue weighted by molar-refractivity contribution is -0.131. The lowest BCUT2D eigenvalue weighted by Gasteiger charge is -2.35. The Morgan fingerprint density at radius 1 is 1.29 bits per heavy atom. The van der Waals surface area contributed by atoms with E-state index in [0.717, 1.165) is 9.35 Å². The van der Waals surface area contributed by atoms with E-state index in [9.17, 15) is 9.59 Å². The van der Waals surface area contributed by atoms with Gasteiger partial charge in [-0.25, -0.2) is 4.79 Å². The van der Waals surface area contributed by atoms with Crippen molar-refractivity contribution in [2.45, 2.75) is 26.3 Å². The maximum absolute atomic E-state index is 12.2. The summed E-state index contributed by atoms with van der Waals surface area (Å²) in [4.78, 5) is 28.8. The second-order valence-corrected chi connectivity index (χ2v) is 7.29. The van der Waals surface area contributed by atoms with E-state index in [-0.39, 0.29) is 18.0 Å². The summed E-state index contributed by atoms with van der Waals surface area (Å²) < 4.78 is 1.02. The first-order valence-corrected chi connectivity index (χ1v) is 8.69. The minimum Gasteiger partial charge on any atom is -0.339 e. The highest BCUT2D eigenvalue weighted by atomic mass is 79.9. The average Bonchev–Trinajstić information content (AvgIpc) is 2.83. The summed E-state index contributed by atoms with van der Waals surface area (Å²) in [5.41, 5.74) is 0. The molecular formula is C14H20BrN3O2S. The highest BCUT2D eigenvalue weighted by Gasteiger charge is 2.24. The van der Waals surface area contributed by atoms with Gasteiger partial charge in [0.1, 0.15) is 0 Å². The van der Waals surface area contributed by atoms with Crippen LogP contribution in [-0.2, 0) is 11.2 Å². The second kappa shape index (κ2) is 7.26. The van der Waals surface area contributed by atoms with Crippen LogP contribution >= 0.6 is 27.3 Å². The first kappa shape index (κ1) is 16.3. The molecule has 2 rings (SSSR count). The molecule has 0 unspecified atom stereocenters. The van der Waals surface area contributed by atoms with E-state index < -0.39 is 0 Å². The molecule has 1 fully saturated rings. The number of carbonyl (C=O) groups excluding carboxylic acids is 2. The third-order valence-electron chi connectivity index (χ3n) is 3.28. The van der Waals surface area contributed by atoms with Crippen LogP contribution in [0.1, 0.15) is 18.7 Å². The van der Waals surface area contributed by atoms with Crippen molar-refractivity contribution in [2.24, 2.45) is 0 Å². The SMILES string of the molecule is CC(C)NC(=O)N1CCN(C(=O)Cc2cc(Br)cs2)CC1. The van der Waals surface area contributed by atoms with Crippen molar-refractivity contribution in [1.82, 2.24) is 15.1 Å². The number of carbonyl (C=O) groups is 2. The van der Waals surface area contributed by atoms with Crippen molar-refractivity contribution in [3.63, 3.8) is 0 Å². The molecule has 0 saturated carbocycles. The van der Waals surface area contributed by atoms with Gasteiger partial charge >= 0.3 is 6.03 Å². The monoisotopic (exact) mass is 373 g/mol. The van der Waals surface area contributed by atoms with Gasteiger partial charge < -0.3 is 15.1 Å². The minimum atomic E-state index is -0.0423. The van der Waals surface area contributed by atoms with Crippen molar-refractivity contribution < 1.29 is 9.59 Å². The number of urea groups is 1. The smallest absolute Gasteiger partial charge is 0.317 e. The Labute approximate surface area is 137 Å². The van der Waals surface area contributed by atoms with Crippen LogP contribution in [0, 0.1) is 0 Å². The maximum atomic E-state index is 12.2. The lowest BCUT2D eigenvalue weighted by atomic mass is 10.2. The van der Waals surface area contributed by atoms with Crippen LogP contribution in [0.2, 0.25) is 0 Å². The Hall–Kier alpha value is -1.08. The zero-order valence-corrected chi connectivity index (χ0v) is 14.7. The number of halogens is 1. The first-order valence-electron chi connectivity index (χ1n) is 7.02. The van der Waals surface area contributed by atoms with Gasteiger partial charge in [0.2, 0.25) is 5.91 Å². The van der Waals surface area contributed by atoms with Crippen LogP contribution in [-0.4, -0.2) is 54.0 Å². The molecule has 0 aliphatic carbocycles. The third-order valence-corrected chi connectivity index (χ3v) is 4.98. The molecule has 5 nitrogen and oxygen atoms in total. The van der Waals surface area contributed by atoms with E-state index in [1.54, 1.807) is 16.2 Å². The number of thiophene rings is 1. The van der Waals surface area contributed by atoms with E-state index in [0.29, 0.717) is 32.6 Å². The summed E-state index contributed by atoms with van der Waals surface area (Å²) >= 11 is 4.98. The molecular weight excluding hydrogens is 354 g/mol. The third kappa shape index (κ3) is 4.71. The molecule has 1 aromatic heterocycles. The molecule has 7 heteroatoms. The summed E-state index contributed by atoms with van der Waals surface area (Å²) in [5, 5.41) is 4.86. The predicted octanol–water partition coefficient (Wildman–Crippen LogP) is 2.32. The zero-order chi connectivity index (χ0) is 15.4. The molecule has 1 aliphatic rings. The highest BCUT2D eigenvalue weighted by Crippen LogP contribution is 2.20. The van der Waals surface area contributed by atoms with Gasteiger partial charge in [-0.3, -0.25) is 4.79 Å². The van der Waals surface area contributed by atoms with E-state index in [2.05, 4.69) is 21.2 Å². The molecule has 1 N–H and O–H groups in total. The zero-order valence-electron chi connectivity index (χ0n) is 12.3. The van der Waals surface area contributed by atoms with Crippen LogP contribution in [0.25, 0.3) is 0 Å². The normalized spacial score (nSPS) is 15.4. The Bertz CT molecular complexity index is 510. The molecule has 0 atom stereocenters. The molecule has 1 saturated heterocycles. The van der Waals surface area contributed by atoms with Crippen LogP contribution in [0.15, 0.2) is 15.9 Å². The summed E-state index contributed by atoms with van der Waals surface area (Å²) in [6.07, 6.45) is 0.439. The van der Waals surface area contributed by atoms with Gasteiger partial charge in [-0.15, -0.1) is 11.3 Å². The van der Waals surface area contributed by atoms with Gasteiger partial charge in [-0.05, 0) is 35.8 Å². The van der Waals surface area contributed by atoms with Crippen molar-refractivity contribution in [1.29, 1.82) is 0 Å². The summed E-state index contributed by atoms with van der Waals surface area (Å²) in [6, 6.07) is 2.07. The van der Waals surface area contributed by atoms with Gasteiger partial charge in [-0.2, -0.15) is 0 Å². The summed E-state index contributed by atoms with van der Waals surface area (Å²) in [6.45, 7) is 6.29. The van der Waals surface area contributed by atoms with Gasteiger partial charge in [0.05, 0.1) is 6.42 Å². The van der Waals surface area contributed by atoms with E-state index in [1.165, 1.54) is 0 Å². The van der Waals surface area contributed by atoms with Crippen LogP contribution in [0.5, 0.6) is 0 Å². The fraction of sp³-hybridized carbons (Fsp3) is 0.571. The molecule has 116 valence electrons. The van der Waals surface area contributed by atoms with Crippen molar-refractivity contribution >= 4 is 39.2 Å². The number of nitrogens with zero attached hydrogens (tertiary/aromatic N) is 2. The minimum absolute atomic E-state index is 0.0423. The number of piperazine rings is 1. The van der Waals surface area contributed by atoms with E-state index in [4.69, 9.17) is 0 Å². The fourth-order valence-electron chi connectivity index (χ4n) is 2.20. The van der Waals surface area contributed by atoms with Crippen molar-refractivity contribution in [2.75, 3.05) is 26.2 Å². The Morgan fingerprint density at radius 2 is 1.90 bits per heavy atom. The molecule has 0 spiro atoms. The highest BCUT2D eigenvalue weighted by molar-refractivity contribution is 9.10. The standard InChI is InChI=1S/C14H20BrN3O2S/c1-10(2)16-14(20)18-5-3-17(4-6-18)13(19)8-12-7-11(15)9-21-12/h7,9-10H,3-6,8H2,1-2H3,(H,16,20). The molecule has 1 aromatic rings. The van der Waals surface area contributed by atoms with Crippen LogP contribution in [0.3, 0.4) is 0 Å². The Kier molecular flexibility index (Phi) is 5.64. The van der Waals surface area contributed by atoms with Crippen LogP contribution in [0.4, 0.5) is 4.79 Å². The fourth-order valence-corrected chi connectivity index (χ4v) is 3.65. The molecule has 3 amide bonds. The van der Waals surface area contributed by atoms with Gasteiger partial charge in [0.15, 0.2) is 0 Å². The van der Waals surface area contributed by atoms with Gasteiger partial charge in [0.25, 0.3) is 0 Å². The quantitative estimate of drug-likeness (QED) is 0.883. The number of nitrogens with one attached hydrogen (secondary N) is 1. The van der Waals surface area contributed by atoms with E-state index >= 15 is 0 Å². The largest absolute Gasteiger partial charge is 0.339 e. The maximum Gasteiger partial charge on any atom is 0.317 e. The summed E-state index contributed by atoms with van der Waals surface area (Å²) in [7, 11) is 0. The topological polar surface area (TPSA) is 52.7 Å². The van der Waals surface area contributed by atoms with Crippen LogP contribution < -0.4 is 5.32 Å². The Morgan fingerprint density at radius 3 is 2.43 bits per heavy atom. The van der Waals surface area contributed by atoms with Crippen molar-refractivity contribution in [3.05, 3.63) is 20.8 Å². The molecule has 0 bridgehead atoms. The number of amides is 3. The molecule has 0 aromatic carbocycles. The first-order chi connectivity index (χ1) is 9.95. The molecule has 21 heavy (non-hydrogen) atoms. The number of rotatable bonds is 3. The predicted molar refractivity (Wildman–Crippen MR) is 87.5 cm³/mol. The molecule has 0 radical (unpaired) electrons. The van der Waals surface area contributed by atoms with E-state index in [1.807, 2.05) is 30.2 Å². The molecule has 1 aliphatic heterocycles. The Balaban J connectivity index is 1.80. The lowest BCUT2D eigenvalue weighted by Crippen LogP contribution is -2.54. The van der Waals surface area contributed by atoms with Crippen molar-refractivity contribution in [3.8, 4) is 0 Å². The van der Waals surface area contributed by atoms with Gasteiger partial charge in [0, 0.05) is 47.0 Å². The van der Waals surface area contributed by atoms with Gasteiger partial charge in [-0.1, -0.05) is 0 Å². The number of hydrogen-bond acceptors (Lipinski definition) is 3.